The summed E-state index contributed by atoms with van der Waals surface area (Å²) in [5.41, 5.74) is 6.22. The van der Waals surface area contributed by atoms with Crippen molar-refractivity contribution in [1.29, 1.82) is 0 Å². The summed E-state index contributed by atoms with van der Waals surface area (Å²) in [4.78, 5) is 12.6. The number of nitrogens with zero attached hydrogens (tertiary/aromatic N) is 2. The SMILES string of the molecule is CCc1cccc(CC)c1NC(=O)Nc1ccc(-c2nonc2-c2ccc(F)cc2)cc1. The topological polar surface area (TPSA) is 80.0 Å². The van der Waals surface area contributed by atoms with Gasteiger partial charge in [0.15, 0.2) is 0 Å². The van der Waals surface area contributed by atoms with Gasteiger partial charge in [0.05, 0.1) is 0 Å². The molecular weight excluding hydrogens is 407 g/mol. The zero-order valence-corrected chi connectivity index (χ0v) is 17.9. The lowest BCUT2D eigenvalue weighted by molar-refractivity contribution is 0.262. The Balaban J connectivity index is 1.50. The number of halogens is 1. The minimum atomic E-state index is -0.326. The highest BCUT2D eigenvalue weighted by Crippen LogP contribution is 2.30. The lowest BCUT2D eigenvalue weighted by atomic mass is 10.0. The van der Waals surface area contributed by atoms with Crippen molar-refractivity contribution in [3.05, 3.63) is 83.7 Å². The van der Waals surface area contributed by atoms with Gasteiger partial charge in [-0.3, -0.25) is 0 Å². The first-order valence-corrected chi connectivity index (χ1v) is 10.5. The van der Waals surface area contributed by atoms with Gasteiger partial charge in [-0.1, -0.05) is 44.2 Å². The maximum absolute atomic E-state index is 13.2. The van der Waals surface area contributed by atoms with Crippen LogP contribution in [0, 0.1) is 5.82 Å². The summed E-state index contributed by atoms with van der Waals surface area (Å²) >= 11 is 0. The Kier molecular flexibility index (Phi) is 6.26. The fourth-order valence-corrected chi connectivity index (χ4v) is 3.57. The Labute approximate surface area is 185 Å². The first-order valence-electron chi connectivity index (χ1n) is 10.5. The van der Waals surface area contributed by atoms with Crippen LogP contribution in [0.5, 0.6) is 0 Å². The fourth-order valence-electron chi connectivity index (χ4n) is 3.57. The van der Waals surface area contributed by atoms with Crippen LogP contribution in [0.2, 0.25) is 0 Å². The number of para-hydroxylation sites is 1. The van der Waals surface area contributed by atoms with Gasteiger partial charge in [0.2, 0.25) is 0 Å². The summed E-state index contributed by atoms with van der Waals surface area (Å²) in [6.07, 6.45) is 1.67. The van der Waals surface area contributed by atoms with Crippen LogP contribution in [0.3, 0.4) is 0 Å². The van der Waals surface area contributed by atoms with Crippen molar-refractivity contribution in [2.24, 2.45) is 0 Å². The van der Waals surface area contributed by atoms with Gasteiger partial charge in [-0.2, -0.15) is 0 Å². The van der Waals surface area contributed by atoms with Crippen molar-refractivity contribution >= 4 is 17.4 Å². The molecule has 0 radical (unpaired) electrons. The van der Waals surface area contributed by atoms with Gasteiger partial charge >= 0.3 is 6.03 Å². The Morgan fingerprint density at radius 2 is 1.34 bits per heavy atom. The van der Waals surface area contributed by atoms with Gasteiger partial charge in [0.25, 0.3) is 0 Å². The number of aryl methyl sites for hydroxylation is 2. The average molecular weight is 430 g/mol. The van der Waals surface area contributed by atoms with E-state index < -0.39 is 0 Å². The summed E-state index contributed by atoms with van der Waals surface area (Å²) in [7, 11) is 0. The van der Waals surface area contributed by atoms with E-state index in [0.29, 0.717) is 22.6 Å². The highest BCUT2D eigenvalue weighted by atomic mass is 19.1. The average Bonchev–Trinajstić information content (AvgIpc) is 3.30. The largest absolute Gasteiger partial charge is 0.323 e. The van der Waals surface area contributed by atoms with Crippen LogP contribution >= 0.6 is 0 Å². The second kappa shape index (κ2) is 9.43. The Bertz CT molecular complexity index is 1200. The van der Waals surface area contributed by atoms with E-state index in [1.165, 1.54) is 12.1 Å². The highest BCUT2D eigenvalue weighted by Gasteiger charge is 2.15. The molecule has 0 spiro atoms. The quantitative estimate of drug-likeness (QED) is 0.376. The monoisotopic (exact) mass is 430 g/mol. The summed E-state index contributed by atoms with van der Waals surface area (Å²) in [5, 5.41) is 13.8. The van der Waals surface area contributed by atoms with Crippen LogP contribution in [0.15, 0.2) is 71.4 Å². The Hall–Kier alpha value is -4.00. The number of anilines is 2. The summed E-state index contributed by atoms with van der Waals surface area (Å²) < 4.78 is 18.1. The molecule has 1 heterocycles. The van der Waals surface area contributed by atoms with E-state index in [-0.39, 0.29) is 11.8 Å². The van der Waals surface area contributed by atoms with E-state index in [1.54, 1.807) is 24.3 Å². The van der Waals surface area contributed by atoms with Gasteiger partial charge in [-0.15, -0.1) is 0 Å². The number of hydrogen-bond donors (Lipinski definition) is 2. The van der Waals surface area contributed by atoms with Gasteiger partial charge in [0, 0.05) is 22.5 Å². The number of nitrogens with one attached hydrogen (secondary N) is 2. The zero-order chi connectivity index (χ0) is 22.5. The Morgan fingerprint density at radius 3 is 1.88 bits per heavy atom. The van der Waals surface area contributed by atoms with Crippen LogP contribution in [-0.4, -0.2) is 16.3 Å². The van der Waals surface area contributed by atoms with Gasteiger partial charge in [0.1, 0.15) is 17.2 Å². The Morgan fingerprint density at radius 1 is 0.812 bits per heavy atom. The number of carbonyl (C=O) groups excluding carboxylic acids is 1. The molecule has 4 aromatic rings. The number of urea groups is 1. The summed E-state index contributed by atoms with van der Waals surface area (Å²) in [6, 6.07) is 18.9. The molecule has 0 bridgehead atoms. The van der Waals surface area contributed by atoms with Crippen LogP contribution in [0.1, 0.15) is 25.0 Å². The second-order valence-electron chi connectivity index (χ2n) is 7.28. The van der Waals surface area contributed by atoms with Crippen molar-refractivity contribution in [2.75, 3.05) is 10.6 Å². The number of amides is 2. The smallest absolute Gasteiger partial charge is 0.308 e. The van der Waals surface area contributed by atoms with Crippen molar-refractivity contribution in [3.63, 3.8) is 0 Å². The molecule has 0 atom stereocenters. The molecule has 162 valence electrons. The molecule has 0 unspecified atom stereocenters. The maximum Gasteiger partial charge on any atom is 0.323 e. The molecule has 0 aliphatic heterocycles. The second-order valence-corrected chi connectivity index (χ2v) is 7.28. The molecule has 7 heteroatoms. The summed E-state index contributed by atoms with van der Waals surface area (Å²) in [6.45, 7) is 4.13. The first kappa shape index (κ1) is 21.2. The minimum absolute atomic E-state index is 0.302. The molecule has 2 N–H and O–H groups in total. The van der Waals surface area contributed by atoms with Crippen molar-refractivity contribution in [3.8, 4) is 22.5 Å². The standard InChI is InChI=1S/C25H23FN4O2/c1-3-16-6-5-7-17(4-2)22(16)28-25(31)27-21-14-10-19(11-15-21)24-23(29-32-30-24)18-8-12-20(26)13-9-18/h5-15H,3-4H2,1-2H3,(H2,27,28,31). The third-order valence-corrected chi connectivity index (χ3v) is 5.26. The zero-order valence-electron chi connectivity index (χ0n) is 17.9. The van der Waals surface area contributed by atoms with Crippen LogP contribution in [-0.2, 0) is 12.8 Å². The number of carbonyl (C=O) groups is 1. The van der Waals surface area contributed by atoms with E-state index in [1.807, 2.05) is 30.3 Å². The molecule has 0 aliphatic rings. The molecule has 32 heavy (non-hydrogen) atoms. The first-order chi connectivity index (χ1) is 15.6. The van der Waals surface area contributed by atoms with E-state index in [2.05, 4.69) is 34.8 Å². The number of aromatic nitrogens is 2. The van der Waals surface area contributed by atoms with Crippen LogP contribution < -0.4 is 10.6 Å². The molecule has 0 saturated heterocycles. The number of hydrogen-bond acceptors (Lipinski definition) is 4. The van der Waals surface area contributed by atoms with Crippen molar-refractivity contribution in [2.45, 2.75) is 26.7 Å². The molecular formula is C25H23FN4O2. The number of benzene rings is 3. The third kappa shape index (κ3) is 4.51. The minimum Gasteiger partial charge on any atom is -0.308 e. The maximum atomic E-state index is 13.2. The van der Waals surface area contributed by atoms with Crippen LogP contribution in [0.4, 0.5) is 20.6 Å². The molecule has 0 saturated carbocycles. The van der Waals surface area contributed by atoms with Gasteiger partial charge < -0.3 is 10.6 Å². The third-order valence-electron chi connectivity index (χ3n) is 5.26. The van der Waals surface area contributed by atoms with E-state index >= 15 is 0 Å². The van der Waals surface area contributed by atoms with Gasteiger partial charge in [-0.05, 0) is 70.7 Å². The predicted octanol–water partition coefficient (Wildman–Crippen LogP) is 6.31. The van der Waals surface area contributed by atoms with E-state index in [9.17, 15) is 9.18 Å². The van der Waals surface area contributed by atoms with E-state index in [0.717, 1.165) is 35.2 Å². The van der Waals surface area contributed by atoms with Gasteiger partial charge in [-0.25, -0.2) is 13.8 Å². The molecule has 1 aromatic heterocycles. The normalized spacial score (nSPS) is 10.7. The molecule has 2 amide bonds. The van der Waals surface area contributed by atoms with Crippen LogP contribution in [0.25, 0.3) is 22.5 Å². The van der Waals surface area contributed by atoms with E-state index in [4.69, 9.17) is 4.63 Å². The lowest BCUT2D eigenvalue weighted by Crippen LogP contribution is -2.21. The molecule has 0 fully saturated rings. The molecule has 4 rings (SSSR count). The lowest BCUT2D eigenvalue weighted by Gasteiger charge is -2.15. The number of rotatable bonds is 6. The highest BCUT2D eigenvalue weighted by molar-refractivity contribution is 6.01. The molecule has 6 nitrogen and oxygen atoms in total. The predicted molar refractivity (Wildman–Crippen MR) is 123 cm³/mol. The fraction of sp³-hybridized carbons (Fsp3) is 0.160. The molecule has 0 aliphatic carbocycles. The summed E-state index contributed by atoms with van der Waals surface area (Å²) in [5.74, 6) is -0.326. The van der Waals surface area contributed by atoms with Crippen molar-refractivity contribution in [1.82, 2.24) is 10.3 Å². The van der Waals surface area contributed by atoms with Crippen molar-refractivity contribution < 1.29 is 13.8 Å². The molecule has 3 aromatic carbocycles.